The van der Waals surface area contributed by atoms with Crippen LogP contribution in [0.5, 0.6) is 0 Å². The van der Waals surface area contributed by atoms with Crippen LogP contribution in [-0.2, 0) is 16.4 Å². The Labute approximate surface area is 140 Å². The summed E-state index contributed by atoms with van der Waals surface area (Å²) in [5.41, 5.74) is 1.51. The minimum absolute atomic E-state index is 0.228. The van der Waals surface area contributed by atoms with E-state index in [4.69, 9.17) is 0 Å². The Kier molecular flexibility index (Phi) is 5.86. The molecule has 0 atom stereocenters. The first-order valence-electron chi connectivity index (χ1n) is 7.04. The molecule has 1 aromatic heterocycles. The van der Waals surface area contributed by atoms with Crippen molar-refractivity contribution in [1.82, 2.24) is 14.6 Å². The highest BCUT2D eigenvalue weighted by atomic mass is 32.2. The Hall–Kier alpha value is -1.77. The zero-order valence-electron chi connectivity index (χ0n) is 13.0. The Bertz CT molecular complexity index is 757. The molecule has 6 nitrogen and oxygen atoms in total. The van der Waals surface area contributed by atoms with Crippen molar-refractivity contribution in [3.8, 4) is 0 Å². The lowest BCUT2D eigenvalue weighted by molar-refractivity contribution is 0.0948. The highest BCUT2D eigenvalue weighted by Crippen LogP contribution is 2.14. The second-order valence-electron chi connectivity index (χ2n) is 5.13. The van der Waals surface area contributed by atoms with Gasteiger partial charge in [-0.3, -0.25) is 4.79 Å². The molecule has 1 aromatic carbocycles. The Morgan fingerprint density at radius 2 is 2.00 bits per heavy atom. The van der Waals surface area contributed by atoms with Crippen molar-refractivity contribution in [2.24, 2.45) is 0 Å². The van der Waals surface area contributed by atoms with E-state index < -0.39 is 10.0 Å². The summed E-state index contributed by atoms with van der Waals surface area (Å²) in [5.74, 6) is -0.289. The Morgan fingerprint density at radius 1 is 1.30 bits per heavy atom. The zero-order chi connectivity index (χ0) is 16.9. The molecule has 2 rings (SSSR count). The van der Waals surface area contributed by atoms with Crippen molar-refractivity contribution in [3.63, 3.8) is 0 Å². The smallest absolute Gasteiger partial charge is 0.270 e. The average molecular weight is 353 g/mol. The van der Waals surface area contributed by atoms with Gasteiger partial charge in [-0.15, -0.1) is 11.3 Å². The molecule has 0 fully saturated rings. The molecule has 0 spiro atoms. The van der Waals surface area contributed by atoms with Crippen molar-refractivity contribution in [2.75, 3.05) is 26.4 Å². The third-order valence-electron chi connectivity index (χ3n) is 3.26. The molecule has 0 aliphatic rings. The molecule has 0 aliphatic carbocycles. The molecule has 2 aromatic rings. The summed E-state index contributed by atoms with van der Waals surface area (Å²) in [6.07, 6.45) is 1.82. The molecule has 0 aliphatic heterocycles. The second kappa shape index (κ2) is 7.67. The van der Waals surface area contributed by atoms with Gasteiger partial charge in [0.1, 0.15) is 5.69 Å². The van der Waals surface area contributed by atoms with E-state index in [0.717, 1.165) is 16.8 Å². The summed E-state index contributed by atoms with van der Waals surface area (Å²) in [7, 11) is -1.75. The Morgan fingerprint density at radius 3 is 2.65 bits per heavy atom. The highest BCUT2D eigenvalue weighted by molar-refractivity contribution is 7.88. The fraction of sp³-hybridized carbons (Fsp3) is 0.333. The summed E-state index contributed by atoms with van der Waals surface area (Å²) in [6.45, 7) is 0.472. The van der Waals surface area contributed by atoms with Crippen LogP contribution < -0.4 is 5.32 Å². The van der Waals surface area contributed by atoms with E-state index in [1.165, 1.54) is 22.7 Å². The summed E-state index contributed by atoms with van der Waals surface area (Å²) >= 11 is 1.44. The van der Waals surface area contributed by atoms with Gasteiger partial charge in [0.2, 0.25) is 10.0 Å². The third-order valence-corrected chi connectivity index (χ3v) is 5.42. The largest absolute Gasteiger partial charge is 0.349 e. The zero-order valence-corrected chi connectivity index (χ0v) is 14.7. The summed E-state index contributed by atoms with van der Waals surface area (Å²) in [6, 6.07) is 9.92. The fourth-order valence-corrected chi connectivity index (χ4v) is 3.08. The molecule has 0 saturated carbocycles. The average Bonchev–Trinajstić information content (AvgIpc) is 2.95. The summed E-state index contributed by atoms with van der Waals surface area (Å²) in [5, 5.41) is 5.26. The number of carbonyl (C=O) groups is 1. The number of hydrogen-bond donors (Lipinski definition) is 1. The van der Waals surface area contributed by atoms with Crippen LogP contribution in [0, 0.1) is 0 Å². The number of benzene rings is 1. The van der Waals surface area contributed by atoms with Crippen molar-refractivity contribution in [2.45, 2.75) is 6.42 Å². The lowest BCUT2D eigenvalue weighted by Crippen LogP contribution is -2.35. The molecule has 1 amide bonds. The molecule has 23 heavy (non-hydrogen) atoms. The number of carbonyl (C=O) groups excluding carboxylic acids is 1. The van der Waals surface area contributed by atoms with Crippen LogP contribution in [0.25, 0.3) is 0 Å². The minimum atomic E-state index is -3.23. The van der Waals surface area contributed by atoms with Crippen LogP contribution in [0.15, 0.2) is 35.7 Å². The van der Waals surface area contributed by atoms with E-state index in [1.807, 2.05) is 30.3 Å². The van der Waals surface area contributed by atoms with Gasteiger partial charge in [0.25, 0.3) is 5.91 Å². The maximum atomic E-state index is 12.0. The number of hydrogen-bond acceptors (Lipinski definition) is 5. The number of sulfonamides is 1. The van der Waals surface area contributed by atoms with Gasteiger partial charge in [0.05, 0.1) is 11.3 Å². The number of likely N-dealkylation sites (N-methyl/N-ethyl adjacent to an activating group) is 1. The Balaban J connectivity index is 1.86. The van der Waals surface area contributed by atoms with Crippen LogP contribution in [0.1, 0.15) is 21.1 Å². The van der Waals surface area contributed by atoms with Crippen molar-refractivity contribution >= 4 is 27.3 Å². The summed E-state index contributed by atoms with van der Waals surface area (Å²) < 4.78 is 23.7. The normalized spacial score (nSPS) is 11.6. The van der Waals surface area contributed by atoms with Gasteiger partial charge in [-0.25, -0.2) is 17.7 Å². The highest BCUT2D eigenvalue weighted by Gasteiger charge is 2.13. The molecule has 0 unspecified atom stereocenters. The SMILES string of the molecule is CN(CCNC(=O)c1csc(Cc2ccccc2)n1)S(C)(=O)=O. The topological polar surface area (TPSA) is 79.4 Å². The quantitative estimate of drug-likeness (QED) is 0.815. The number of rotatable bonds is 7. The van der Waals surface area contributed by atoms with Crippen LogP contribution in [-0.4, -0.2) is 50.0 Å². The van der Waals surface area contributed by atoms with Crippen LogP contribution in [0.2, 0.25) is 0 Å². The monoisotopic (exact) mass is 353 g/mol. The molecular weight excluding hydrogens is 334 g/mol. The van der Waals surface area contributed by atoms with Crippen molar-refractivity contribution in [1.29, 1.82) is 0 Å². The van der Waals surface area contributed by atoms with E-state index >= 15 is 0 Å². The maximum Gasteiger partial charge on any atom is 0.270 e. The van der Waals surface area contributed by atoms with E-state index in [-0.39, 0.29) is 19.0 Å². The predicted molar refractivity (Wildman–Crippen MR) is 91.2 cm³/mol. The lowest BCUT2D eigenvalue weighted by Gasteiger charge is -2.13. The van der Waals surface area contributed by atoms with Gasteiger partial charge in [-0.05, 0) is 5.56 Å². The van der Waals surface area contributed by atoms with Gasteiger partial charge in [-0.2, -0.15) is 0 Å². The third kappa shape index (κ3) is 5.42. The standard InChI is InChI=1S/C15H19N3O3S2/c1-18(23(2,20)21)9-8-16-15(19)13-11-22-14(17-13)10-12-6-4-3-5-7-12/h3-7,11H,8-10H2,1-2H3,(H,16,19). The van der Waals surface area contributed by atoms with Gasteiger partial charge in [0, 0.05) is 31.9 Å². The minimum Gasteiger partial charge on any atom is -0.349 e. The second-order valence-corrected chi connectivity index (χ2v) is 8.16. The first-order valence-corrected chi connectivity index (χ1v) is 9.77. The first kappa shape index (κ1) is 17.6. The number of amides is 1. The van der Waals surface area contributed by atoms with Gasteiger partial charge < -0.3 is 5.32 Å². The van der Waals surface area contributed by atoms with Gasteiger partial charge in [0.15, 0.2) is 0 Å². The van der Waals surface area contributed by atoms with E-state index in [9.17, 15) is 13.2 Å². The molecular formula is C15H19N3O3S2. The number of nitrogens with one attached hydrogen (secondary N) is 1. The van der Waals surface area contributed by atoms with Crippen LogP contribution in [0.3, 0.4) is 0 Å². The van der Waals surface area contributed by atoms with Crippen molar-refractivity contribution in [3.05, 3.63) is 52.0 Å². The molecule has 8 heteroatoms. The van der Waals surface area contributed by atoms with E-state index in [2.05, 4.69) is 10.3 Å². The van der Waals surface area contributed by atoms with E-state index in [0.29, 0.717) is 12.1 Å². The summed E-state index contributed by atoms with van der Waals surface area (Å²) in [4.78, 5) is 16.3. The lowest BCUT2D eigenvalue weighted by atomic mass is 10.2. The maximum absolute atomic E-state index is 12.0. The molecule has 1 N–H and O–H groups in total. The predicted octanol–water partition coefficient (Wildman–Crippen LogP) is 1.36. The van der Waals surface area contributed by atoms with Crippen LogP contribution in [0.4, 0.5) is 0 Å². The van der Waals surface area contributed by atoms with Crippen LogP contribution >= 0.6 is 11.3 Å². The van der Waals surface area contributed by atoms with Gasteiger partial charge >= 0.3 is 0 Å². The molecule has 124 valence electrons. The van der Waals surface area contributed by atoms with Gasteiger partial charge in [-0.1, -0.05) is 30.3 Å². The fourth-order valence-electron chi connectivity index (χ4n) is 1.85. The number of nitrogens with zero attached hydrogens (tertiary/aromatic N) is 2. The van der Waals surface area contributed by atoms with E-state index in [1.54, 1.807) is 5.38 Å². The molecule has 1 heterocycles. The van der Waals surface area contributed by atoms with Crippen molar-refractivity contribution < 1.29 is 13.2 Å². The number of aromatic nitrogens is 1. The molecule has 0 radical (unpaired) electrons. The molecule has 0 saturated heterocycles. The first-order chi connectivity index (χ1) is 10.9. The molecule has 0 bridgehead atoms. The number of thiazole rings is 1.